The van der Waals surface area contributed by atoms with E-state index in [9.17, 15) is 26.4 Å². The Balaban J connectivity index is 1.93. The molecule has 9 heteroatoms. The SMILES string of the molecule is CCN(CC)C(=O)c1ccc(S(=O)(=O)N2CCCC2c2ccccc2C(F)(F)F)cc1. The van der Waals surface area contributed by atoms with Gasteiger partial charge in [0.2, 0.25) is 10.0 Å². The second-order valence-corrected chi connectivity index (χ2v) is 9.25. The molecule has 0 bridgehead atoms. The van der Waals surface area contributed by atoms with Gasteiger partial charge < -0.3 is 4.90 Å². The smallest absolute Gasteiger partial charge is 0.339 e. The number of hydrogen-bond donors (Lipinski definition) is 0. The van der Waals surface area contributed by atoms with Gasteiger partial charge in [-0.15, -0.1) is 0 Å². The first-order chi connectivity index (χ1) is 14.6. The van der Waals surface area contributed by atoms with E-state index in [1.807, 2.05) is 13.8 Å². The normalized spacial score (nSPS) is 17.6. The Hall–Kier alpha value is -2.39. The highest BCUT2D eigenvalue weighted by Gasteiger charge is 2.41. The second-order valence-electron chi connectivity index (χ2n) is 7.36. The molecule has 5 nitrogen and oxygen atoms in total. The van der Waals surface area contributed by atoms with E-state index in [4.69, 9.17) is 0 Å². The van der Waals surface area contributed by atoms with Crippen molar-refractivity contribution < 1.29 is 26.4 Å². The van der Waals surface area contributed by atoms with Crippen LogP contribution in [0.15, 0.2) is 53.4 Å². The molecule has 1 aliphatic heterocycles. The summed E-state index contributed by atoms with van der Waals surface area (Å²) in [5.41, 5.74) is -0.491. The molecule has 2 aromatic rings. The number of amides is 1. The van der Waals surface area contributed by atoms with Crippen LogP contribution in [0.4, 0.5) is 13.2 Å². The lowest BCUT2D eigenvalue weighted by atomic mass is 9.99. The Morgan fingerprint density at radius 3 is 2.26 bits per heavy atom. The molecule has 0 spiro atoms. The standard InChI is InChI=1S/C22H25F3N2O3S/c1-3-26(4-2)21(28)16-11-13-17(14-12-16)31(29,30)27-15-7-10-20(27)18-8-5-6-9-19(18)22(23,24)25/h5-6,8-9,11-14,20H,3-4,7,10,15H2,1-2H3. The monoisotopic (exact) mass is 454 g/mol. The van der Waals surface area contributed by atoms with Crippen molar-refractivity contribution in [3.63, 3.8) is 0 Å². The topological polar surface area (TPSA) is 57.7 Å². The lowest BCUT2D eigenvalue weighted by Gasteiger charge is -2.27. The minimum Gasteiger partial charge on any atom is -0.339 e. The zero-order valence-electron chi connectivity index (χ0n) is 17.4. The highest BCUT2D eigenvalue weighted by molar-refractivity contribution is 7.89. The van der Waals surface area contributed by atoms with Crippen LogP contribution in [0.1, 0.15) is 54.2 Å². The molecule has 1 fully saturated rings. The van der Waals surface area contributed by atoms with Crippen molar-refractivity contribution in [2.75, 3.05) is 19.6 Å². The minimum absolute atomic E-state index is 0.0376. The molecular formula is C22H25F3N2O3S. The summed E-state index contributed by atoms with van der Waals surface area (Å²) in [5, 5.41) is 0. The van der Waals surface area contributed by atoms with E-state index in [-0.39, 0.29) is 22.9 Å². The average molecular weight is 455 g/mol. The fraction of sp³-hybridized carbons (Fsp3) is 0.409. The van der Waals surface area contributed by atoms with E-state index in [2.05, 4.69) is 0 Å². The first kappa shape index (κ1) is 23.3. The zero-order chi connectivity index (χ0) is 22.8. The van der Waals surface area contributed by atoms with E-state index < -0.39 is 27.8 Å². The van der Waals surface area contributed by atoms with Crippen LogP contribution in [0.2, 0.25) is 0 Å². The van der Waals surface area contributed by atoms with Crippen molar-refractivity contribution in [2.45, 2.75) is 43.8 Å². The van der Waals surface area contributed by atoms with Gasteiger partial charge in [-0.3, -0.25) is 4.79 Å². The van der Waals surface area contributed by atoms with Gasteiger partial charge in [-0.05, 0) is 62.6 Å². The third-order valence-corrected chi connectivity index (χ3v) is 7.51. The molecule has 1 heterocycles. The molecular weight excluding hydrogens is 429 g/mol. The van der Waals surface area contributed by atoms with E-state index in [0.29, 0.717) is 31.5 Å². The zero-order valence-corrected chi connectivity index (χ0v) is 18.2. The number of alkyl halides is 3. The van der Waals surface area contributed by atoms with Crippen LogP contribution < -0.4 is 0 Å². The molecule has 1 unspecified atom stereocenters. The lowest BCUT2D eigenvalue weighted by molar-refractivity contribution is -0.138. The number of rotatable bonds is 6. The fourth-order valence-corrected chi connectivity index (χ4v) is 5.66. The van der Waals surface area contributed by atoms with Crippen molar-refractivity contribution in [2.24, 2.45) is 0 Å². The summed E-state index contributed by atoms with van der Waals surface area (Å²) >= 11 is 0. The highest BCUT2D eigenvalue weighted by atomic mass is 32.2. The van der Waals surface area contributed by atoms with Crippen LogP contribution in [0.5, 0.6) is 0 Å². The third kappa shape index (κ3) is 4.62. The Morgan fingerprint density at radius 2 is 1.68 bits per heavy atom. The van der Waals surface area contributed by atoms with Crippen LogP contribution in [0.3, 0.4) is 0 Å². The van der Waals surface area contributed by atoms with Gasteiger partial charge in [0.15, 0.2) is 0 Å². The molecule has 1 amide bonds. The summed E-state index contributed by atoms with van der Waals surface area (Å²) in [6.07, 6.45) is -3.79. The number of carbonyl (C=O) groups excluding carboxylic acids is 1. The van der Waals surface area contributed by atoms with Crippen LogP contribution in [-0.4, -0.2) is 43.2 Å². The number of carbonyl (C=O) groups is 1. The molecule has 2 aromatic carbocycles. The number of nitrogens with zero attached hydrogens (tertiary/aromatic N) is 2. The molecule has 1 saturated heterocycles. The molecule has 0 aromatic heterocycles. The van der Waals surface area contributed by atoms with Crippen LogP contribution in [-0.2, 0) is 16.2 Å². The Morgan fingerprint density at radius 1 is 1.06 bits per heavy atom. The molecule has 0 saturated carbocycles. The Bertz CT molecular complexity index is 1030. The van der Waals surface area contributed by atoms with Crippen molar-refractivity contribution >= 4 is 15.9 Å². The summed E-state index contributed by atoms with van der Waals surface area (Å²) < 4.78 is 68.1. The van der Waals surface area contributed by atoms with E-state index in [0.717, 1.165) is 10.4 Å². The number of halogens is 3. The maximum atomic E-state index is 13.5. The molecule has 0 radical (unpaired) electrons. The quantitative estimate of drug-likeness (QED) is 0.635. The molecule has 168 valence electrons. The summed E-state index contributed by atoms with van der Waals surface area (Å²) in [6.45, 7) is 4.91. The van der Waals surface area contributed by atoms with Crippen molar-refractivity contribution in [3.8, 4) is 0 Å². The van der Waals surface area contributed by atoms with Gasteiger partial charge in [0, 0.05) is 25.2 Å². The Labute approximate surface area is 180 Å². The maximum Gasteiger partial charge on any atom is 0.416 e. The molecule has 3 rings (SSSR count). The summed E-state index contributed by atoms with van der Waals surface area (Å²) in [5.74, 6) is -0.202. The molecule has 31 heavy (non-hydrogen) atoms. The maximum absolute atomic E-state index is 13.5. The molecule has 0 aliphatic carbocycles. The Kier molecular flexibility index (Phi) is 6.76. The summed E-state index contributed by atoms with van der Waals surface area (Å²) in [6, 6.07) is 9.80. The number of hydrogen-bond acceptors (Lipinski definition) is 3. The summed E-state index contributed by atoms with van der Waals surface area (Å²) in [7, 11) is -4.03. The largest absolute Gasteiger partial charge is 0.416 e. The predicted molar refractivity (Wildman–Crippen MR) is 111 cm³/mol. The van der Waals surface area contributed by atoms with Crippen LogP contribution >= 0.6 is 0 Å². The highest BCUT2D eigenvalue weighted by Crippen LogP contribution is 2.42. The molecule has 1 atom stereocenters. The van der Waals surface area contributed by atoms with Crippen molar-refractivity contribution in [3.05, 3.63) is 65.2 Å². The van der Waals surface area contributed by atoms with Gasteiger partial charge in [-0.2, -0.15) is 17.5 Å². The third-order valence-electron chi connectivity index (χ3n) is 5.59. The van der Waals surface area contributed by atoms with Gasteiger partial charge in [0.05, 0.1) is 16.5 Å². The molecule has 1 aliphatic rings. The van der Waals surface area contributed by atoms with Gasteiger partial charge in [0.1, 0.15) is 0 Å². The number of sulfonamides is 1. The van der Waals surface area contributed by atoms with Crippen LogP contribution in [0, 0.1) is 0 Å². The minimum atomic E-state index is -4.57. The van der Waals surface area contributed by atoms with Crippen LogP contribution in [0.25, 0.3) is 0 Å². The first-order valence-corrected chi connectivity index (χ1v) is 11.6. The second kappa shape index (κ2) is 9.00. The van der Waals surface area contributed by atoms with Crippen molar-refractivity contribution in [1.82, 2.24) is 9.21 Å². The van der Waals surface area contributed by atoms with E-state index >= 15 is 0 Å². The average Bonchev–Trinajstić information content (AvgIpc) is 3.25. The van der Waals surface area contributed by atoms with Gasteiger partial charge in [0.25, 0.3) is 5.91 Å². The first-order valence-electron chi connectivity index (χ1n) is 10.2. The number of benzene rings is 2. The lowest BCUT2D eigenvalue weighted by Crippen LogP contribution is -2.32. The van der Waals surface area contributed by atoms with Gasteiger partial charge >= 0.3 is 6.18 Å². The van der Waals surface area contributed by atoms with Gasteiger partial charge in [-0.25, -0.2) is 8.42 Å². The predicted octanol–water partition coefficient (Wildman–Crippen LogP) is 4.71. The van der Waals surface area contributed by atoms with Crippen molar-refractivity contribution in [1.29, 1.82) is 0 Å². The van der Waals surface area contributed by atoms with Gasteiger partial charge in [-0.1, -0.05) is 18.2 Å². The van der Waals surface area contributed by atoms with E-state index in [1.54, 1.807) is 4.90 Å². The van der Waals surface area contributed by atoms with E-state index in [1.165, 1.54) is 42.5 Å². The molecule has 0 N–H and O–H groups in total. The fourth-order valence-electron chi connectivity index (χ4n) is 3.98. The summed E-state index contributed by atoms with van der Waals surface area (Å²) in [4.78, 5) is 14.0.